The van der Waals surface area contributed by atoms with Gasteiger partial charge in [-0.2, -0.15) is 5.10 Å². The van der Waals surface area contributed by atoms with E-state index < -0.39 is 4.92 Å². The summed E-state index contributed by atoms with van der Waals surface area (Å²) in [6, 6.07) is 3.93. The Balaban J connectivity index is 1.69. The first kappa shape index (κ1) is 18.6. The molecule has 1 unspecified atom stereocenters. The maximum atomic E-state index is 12.2. The second-order valence-corrected chi connectivity index (χ2v) is 6.88. The van der Waals surface area contributed by atoms with Crippen molar-refractivity contribution in [3.8, 4) is 5.69 Å². The molecule has 2 heterocycles. The summed E-state index contributed by atoms with van der Waals surface area (Å²) in [7, 11) is 0. The summed E-state index contributed by atoms with van der Waals surface area (Å²) in [5.41, 5.74) is 0.297. The average Bonchev–Trinajstić information content (AvgIpc) is 3.26. The molecule has 2 N–H and O–H groups in total. The number of aromatic nitrogens is 2. The molecule has 1 aliphatic heterocycles. The molecule has 1 fully saturated rings. The van der Waals surface area contributed by atoms with Crippen LogP contribution in [0.1, 0.15) is 23.3 Å². The van der Waals surface area contributed by atoms with Crippen LogP contribution in [-0.2, 0) is 0 Å². The van der Waals surface area contributed by atoms with E-state index in [1.165, 1.54) is 23.0 Å². The van der Waals surface area contributed by atoms with Crippen LogP contribution in [0, 0.1) is 16.0 Å². The number of nitrogens with one attached hydrogen (secondary N) is 2. The quantitative estimate of drug-likeness (QED) is 0.576. The zero-order valence-corrected chi connectivity index (χ0v) is 15.3. The van der Waals surface area contributed by atoms with Gasteiger partial charge in [-0.3, -0.25) is 14.9 Å². The largest absolute Gasteiger partial charge is 0.351 e. The van der Waals surface area contributed by atoms with E-state index in [0.29, 0.717) is 12.5 Å². The van der Waals surface area contributed by atoms with Gasteiger partial charge in [-0.25, -0.2) is 4.68 Å². The van der Waals surface area contributed by atoms with Crippen molar-refractivity contribution in [3.05, 3.63) is 50.2 Å². The van der Waals surface area contributed by atoms with Gasteiger partial charge in [0.25, 0.3) is 11.6 Å². The first-order valence-corrected chi connectivity index (χ1v) is 8.89. The van der Waals surface area contributed by atoms with Crippen molar-refractivity contribution in [3.63, 3.8) is 0 Å². The monoisotopic (exact) mass is 397 g/mol. The third-order valence-electron chi connectivity index (χ3n) is 4.26. The Hall–Kier alpha value is -2.16. The lowest BCUT2D eigenvalue weighted by Gasteiger charge is -2.09. The SMILES string of the molecule is O=C(NCCC1CCNC1)c1ccn(-c2c(Cl)cc([N+](=O)[O-])cc2Cl)n1. The van der Waals surface area contributed by atoms with Crippen LogP contribution in [0.2, 0.25) is 10.0 Å². The highest BCUT2D eigenvalue weighted by Gasteiger charge is 2.19. The van der Waals surface area contributed by atoms with Gasteiger partial charge in [-0.15, -0.1) is 0 Å². The van der Waals surface area contributed by atoms with E-state index in [1.807, 2.05) is 0 Å². The lowest BCUT2D eigenvalue weighted by atomic mass is 10.1. The first-order valence-electron chi connectivity index (χ1n) is 8.14. The topological polar surface area (TPSA) is 102 Å². The van der Waals surface area contributed by atoms with Crippen LogP contribution >= 0.6 is 23.2 Å². The molecule has 0 spiro atoms. The lowest BCUT2D eigenvalue weighted by Crippen LogP contribution is -2.27. The van der Waals surface area contributed by atoms with Crippen molar-refractivity contribution in [2.24, 2.45) is 5.92 Å². The summed E-state index contributed by atoms with van der Waals surface area (Å²) in [6.07, 6.45) is 3.58. The summed E-state index contributed by atoms with van der Waals surface area (Å²) in [5, 5.41) is 21.3. The van der Waals surface area contributed by atoms with Crippen LogP contribution in [-0.4, -0.2) is 40.2 Å². The van der Waals surface area contributed by atoms with Crippen molar-refractivity contribution in [2.75, 3.05) is 19.6 Å². The smallest absolute Gasteiger partial charge is 0.272 e. The van der Waals surface area contributed by atoms with E-state index in [0.717, 1.165) is 25.9 Å². The second kappa shape index (κ2) is 8.03. The summed E-state index contributed by atoms with van der Waals surface area (Å²) >= 11 is 12.2. The minimum absolute atomic E-state index is 0.0768. The molecular weight excluding hydrogens is 381 g/mol. The Morgan fingerprint density at radius 2 is 2.15 bits per heavy atom. The third kappa shape index (κ3) is 4.14. The molecule has 0 bridgehead atoms. The summed E-state index contributed by atoms with van der Waals surface area (Å²) in [4.78, 5) is 22.5. The normalized spacial score (nSPS) is 16.6. The highest BCUT2D eigenvalue weighted by molar-refractivity contribution is 6.38. The van der Waals surface area contributed by atoms with Crippen LogP contribution in [0.4, 0.5) is 5.69 Å². The molecule has 138 valence electrons. The van der Waals surface area contributed by atoms with Crippen LogP contribution < -0.4 is 10.6 Å². The number of benzene rings is 1. The average molecular weight is 398 g/mol. The summed E-state index contributed by atoms with van der Waals surface area (Å²) in [5.74, 6) is 0.300. The molecule has 3 rings (SSSR count). The molecule has 1 amide bonds. The van der Waals surface area contributed by atoms with Crippen molar-refractivity contribution >= 4 is 34.8 Å². The van der Waals surface area contributed by atoms with Gasteiger partial charge in [0.05, 0.1) is 15.0 Å². The number of hydrogen-bond acceptors (Lipinski definition) is 5. The van der Waals surface area contributed by atoms with Crippen molar-refractivity contribution in [1.82, 2.24) is 20.4 Å². The summed E-state index contributed by atoms with van der Waals surface area (Å²) in [6.45, 7) is 2.60. The summed E-state index contributed by atoms with van der Waals surface area (Å²) < 4.78 is 1.34. The molecule has 1 aromatic heterocycles. The van der Waals surface area contributed by atoms with E-state index >= 15 is 0 Å². The number of nitrogens with zero attached hydrogens (tertiary/aromatic N) is 3. The van der Waals surface area contributed by atoms with Crippen LogP contribution in [0.25, 0.3) is 5.69 Å². The number of carbonyl (C=O) groups excluding carboxylic acids is 1. The Morgan fingerprint density at radius 3 is 2.77 bits per heavy atom. The molecule has 1 saturated heterocycles. The third-order valence-corrected chi connectivity index (χ3v) is 4.84. The van der Waals surface area contributed by atoms with Crippen LogP contribution in [0.5, 0.6) is 0 Å². The molecule has 1 aromatic carbocycles. The molecule has 26 heavy (non-hydrogen) atoms. The number of amides is 1. The Bertz CT molecular complexity index is 810. The fourth-order valence-corrected chi connectivity index (χ4v) is 3.54. The lowest BCUT2D eigenvalue weighted by molar-refractivity contribution is -0.384. The van der Waals surface area contributed by atoms with Crippen LogP contribution in [0.15, 0.2) is 24.4 Å². The Labute approximate surface area is 159 Å². The van der Waals surface area contributed by atoms with E-state index in [2.05, 4.69) is 15.7 Å². The maximum absolute atomic E-state index is 12.2. The molecule has 0 aliphatic carbocycles. The fraction of sp³-hybridized carbons (Fsp3) is 0.375. The zero-order valence-electron chi connectivity index (χ0n) is 13.7. The van der Waals surface area contributed by atoms with E-state index in [-0.39, 0.29) is 33.0 Å². The van der Waals surface area contributed by atoms with Gasteiger partial charge in [0.1, 0.15) is 5.69 Å². The van der Waals surface area contributed by atoms with Gasteiger partial charge in [-0.1, -0.05) is 23.2 Å². The number of halogens is 2. The van der Waals surface area contributed by atoms with Crippen molar-refractivity contribution in [2.45, 2.75) is 12.8 Å². The number of carbonyl (C=O) groups is 1. The molecule has 1 aliphatic rings. The number of hydrogen-bond donors (Lipinski definition) is 2. The highest BCUT2D eigenvalue weighted by Crippen LogP contribution is 2.32. The van der Waals surface area contributed by atoms with E-state index in [9.17, 15) is 14.9 Å². The predicted molar refractivity (Wildman–Crippen MR) is 98.2 cm³/mol. The van der Waals surface area contributed by atoms with Gasteiger partial charge in [0.2, 0.25) is 0 Å². The van der Waals surface area contributed by atoms with Gasteiger partial charge in [0, 0.05) is 24.9 Å². The highest BCUT2D eigenvalue weighted by atomic mass is 35.5. The molecule has 0 saturated carbocycles. The standard InChI is InChI=1S/C16H17Cl2N5O3/c17-12-7-11(23(25)26)8-13(18)15(12)22-6-3-14(21-22)16(24)20-5-2-10-1-4-19-9-10/h3,6-8,10,19H,1-2,4-5,9H2,(H,20,24). The predicted octanol–water partition coefficient (Wildman–Crippen LogP) is 2.82. The molecule has 0 radical (unpaired) electrons. The zero-order chi connectivity index (χ0) is 18.7. The Kier molecular flexibility index (Phi) is 5.75. The first-order chi connectivity index (χ1) is 12.5. The number of rotatable bonds is 6. The van der Waals surface area contributed by atoms with Gasteiger partial charge >= 0.3 is 0 Å². The minimum Gasteiger partial charge on any atom is -0.351 e. The maximum Gasteiger partial charge on any atom is 0.272 e. The number of nitro groups is 1. The molecule has 1 atom stereocenters. The van der Waals surface area contributed by atoms with Gasteiger partial charge in [0.15, 0.2) is 5.69 Å². The van der Waals surface area contributed by atoms with Gasteiger partial charge in [-0.05, 0) is 37.9 Å². The molecule has 8 nitrogen and oxygen atoms in total. The van der Waals surface area contributed by atoms with Crippen LogP contribution in [0.3, 0.4) is 0 Å². The Morgan fingerprint density at radius 1 is 1.42 bits per heavy atom. The van der Waals surface area contributed by atoms with Gasteiger partial charge < -0.3 is 10.6 Å². The minimum atomic E-state index is -0.580. The van der Waals surface area contributed by atoms with E-state index in [1.54, 1.807) is 6.07 Å². The molecular formula is C16H17Cl2N5O3. The number of nitro benzene ring substituents is 1. The van der Waals surface area contributed by atoms with Crippen molar-refractivity contribution < 1.29 is 9.72 Å². The van der Waals surface area contributed by atoms with E-state index in [4.69, 9.17) is 23.2 Å². The fourth-order valence-electron chi connectivity index (χ4n) is 2.89. The molecule has 10 heteroatoms. The molecule has 2 aromatic rings. The van der Waals surface area contributed by atoms with Crippen molar-refractivity contribution in [1.29, 1.82) is 0 Å². The number of non-ortho nitro benzene ring substituents is 1. The second-order valence-electron chi connectivity index (χ2n) is 6.06.